The predicted octanol–water partition coefficient (Wildman–Crippen LogP) is 5.21. The van der Waals surface area contributed by atoms with Crippen molar-refractivity contribution in [2.24, 2.45) is 0 Å². The summed E-state index contributed by atoms with van der Waals surface area (Å²) in [5, 5.41) is 2.59. The average molecular weight is 472 g/mol. The molecular formula is C23H16Cl2FN3O3. The molecule has 0 aliphatic carbocycles. The molecule has 2 aromatic carbocycles. The molecule has 1 aliphatic rings. The molecule has 0 spiro atoms. The Bertz CT molecular complexity index is 1310. The lowest BCUT2D eigenvalue weighted by Gasteiger charge is -2.27. The van der Waals surface area contributed by atoms with E-state index in [1.165, 1.54) is 36.4 Å². The molecule has 0 atom stereocenters. The molecule has 1 saturated heterocycles. The predicted molar refractivity (Wildman–Crippen MR) is 121 cm³/mol. The van der Waals surface area contributed by atoms with Gasteiger partial charge in [0, 0.05) is 22.1 Å². The molecule has 162 valence electrons. The number of aryl methyl sites for hydroxylation is 1. The van der Waals surface area contributed by atoms with Crippen LogP contribution in [-0.4, -0.2) is 22.4 Å². The van der Waals surface area contributed by atoms with Gasteiger partial charge in [-0.25, -0.2) is 14.1 Å². The van der Waals surface area contributed by atoms with Crippen molar-refractivity contribution in [3.8, 4) is 5.69 Å². The van der Waals surface area contributed by atoms with Crippen LogP contribution in [0, 0.1) is 19.7 Å². The number of barbiturate groups is 1. The molecule has 32 heavy (non-hydrogen) atoms. The molecule has 0 unspecified atom stereocenters. The van der Waals surface area contributed by atoms with Crippen LogP contribution in [0.4, 0.5) is 14.9 Å². The second-order valence-corrected chi connectivity index (χ2v) is 8.04. The second kappa shape index (κ2) is 8.26. The number of benzene rings is 2. The van der Waals surface area contributed by atoms with Crippen molar-refractivity contribution >= 4 is 52.8 Å². The number of rotatable bonds is 3. The Hall–Kier alpha value is -3.42. The van der Waals surface area contributed by atoms with Crippen molar-refractivity contribution in [2.75, 3.05) is 4.90 Å². The molecule has 0 saturated carbocycles. The number of aromatic nitrogens is 1. The largest absolute Gasteiger partial charge is 0.335 e. The van der Waals surface area contributed by atoms with Crippen molar-refractivity contribution < 1.29 is 18.8 Å². The Kier molecular flexibility index (Phi) is 5.62. The van der Waals surface area contributed by atoms with E-state index in [9.17, 15) is 18.8 Å². The molecule has 4 amide bonds. The highest BCUT2D eigenvalue weighted by Crippen LogP contribution is 2.32. The molecule has 1 aromatic heterocycles. The van der Waals surface area contributed by atoms with Crippen LogP contribution in [0.3, 0.4) is 0 Å². The van der Waals surface area contributed by atoms with Crippen LogP contribution < -0.4 is 10.2 Å². The summed E-state index contributed by atoms with van der Waals surface area (Å²) in [6.07, 6.45) is 1.42. The first kappa shape index (κ1) is 21.8. The van der Waals surface area contributed by atoms with Gasteiger partial charge in [0.05, 0.1) is 10.7 Å². The maximum absolute atomic E-state index is 13.3. The van der Waals surface area contributed by atoms with Gasteiger partial charge in [0.2, 0.25) is 0 Å². The topological polar surface area (TPSA) is 71.4 Å². The first-order valence-corrected chi connectivity index (χ1v) is 10.2. The van der Waals surface area contributed by atoms with Gasteiger partial charge in [0.1, 0.15) is 11.4 Å². The molecular weight excluding hydrogens is 456 g/mol. The van der Waals surface area contributed by atoms with Gasteiger partial charge < -0.3 is 4.57 Å². The summed E-state index contributed by atoms with van der Waals surface area (Å²) in [4.78, 5) is 38.8. The zero-order valence-electron chi connectivity index (χ0n) is 16.9. The van der Waals surface area contributed by atoms with E-state index in [4.69, 9.17) is 23.2 Å². The first-order valence-electron chi connectivity index (χ1n) is 9.49. The van der Waals surface area contributed by atoms with Crippen LogP contribution in [0.15, 0.2) is 54.1 Å². The minimum atomic E-state index is -0.904. The zero-order chi connectivity index (χ0) is 23.2. The highest BCUT2D eigenvalue weighted by Gasteiger charge is 2.38. The Morgan fingerprint density at radius 2 is 1.66 bits per heavy atom. The van der Waals surface area contributed by atoms with E-state index in [-0.39, 0.29) is 22.1 Å². The van der Waals surface area contributed by atoms with Crippen molar-refractivity contribution in [3.63, 3.8) is 0 Å². The fourth-order valence-corrected chi connectivity index (χ4v) is 4.11. The number of carbonyl (C=O) groups excluding carboxylic acids is 3. The van der Waals surface area contributed by atoms with Gasteiger partial charge >= 0.3 is 6.03 Å². The van der Waals surface area contributed by atoms with Crippen molar-refractivity contribution in [1.82, 2.24) is 9.88 Å². The Morgan fingerprint density at radius 3 is 2.31 bits per heavy atom. The number of carbonyl (C=O) groups is 3. The summed E-state index contributed by atoms with van der Waals surface area (Å²) in [7, 11) is 0. The number of amides is 4. The SMILES string of the molecule is Cc1cc(/C=C2\C(=O)NC(=O)N(c3ccc(Cl)cc3Cl)C2=O)c(C)n1-c1ccc(F)cc1. The monoisotopic (exact) mass is 471 g/mol. The summed E-state index contributed by atoms with van der Waals surface area (Å²) in [6, 6.07) is 11.2. The molecule has 6 nitrogen and oxygen atoms in total. The van der Waals surface area contributed by atoms with Crippen LogP contribution in [0.25, 0.3) is 11.8 Å². The van der Waals surface area contributed by atoms with Crippen LogP contribution in [0.5, 0.6) is 0 Å². The third-order valence-electron chi connectivity index (χ3n) is 5.11. The quantitative estimate of drug-likeness (QED) is 0.421. The molecule has 1 fully saturated rings. The smallest absolute Gasteiger partial charge is 0.318 e. The van der Waals surface area contributed by atoms with Crippen LogP contribution in [0.2, 0.25) is 10.0 Å². The Morgan fingerprint density at radius 1 is 0.969 bits per heavy atom. The van der Waals surface area contributed by atoms with Crippen LogP contribution >= 0.6 is 23.2 Å². The molecule has 3 aromatic rings. The number of imide groups is 2. The summed E-state index contributed by atoms with van der Waals surface area (Å²) in [5.74, 6) is -1.98. The van der Waals surface area contributed by atoms with Crippen molar-refractivity contribution in [2.45, 2.75) is 13.8 Å². The molecule has 2 heterocycles. The third-order valence-corrected chi connectivity index (χ3v) is 5.65. The van der Waals surface area contributed by atoms with E-state index in [1.54, 1.807) is 18.2 Å². The van der Waals surface area contributed by atoms with Gasteiger partial charge in [0.25, 0.3) is 11.8 Å². The summed E-state index contributed by atoms with van der Waals surface area (Å²) >= 11 is 12.1. The standard InChI is InChI=1S/C23H16Cl2FN3O3/c1-12-9-14(13(2)28(12)17-6-4-16(26)5-7-17)10-18-21(30)27-23(32)29(22(18)31)20-8-3-15(24)11-19(20)25/h3-11H,1-2H3,(H,27,30,32)/b18-10+. The normalized spacial score (nSPS) is 15.5. The lowest BCUT2D eigenvalue weighted by atomic mass is 10.1. The third kappa shape index (κ3) is 3.81. The molecule has 9 heteroatoms. The summed E-state index contributed by atoms with van der Waals surface area (Å²) in [6.45, 7) is 3.66. The lowest BCUT2D eigenvalue weighted by Crippen LogP contribution is -2.54. The molecule has 1 aliphatic heterocycles. The fraction of sp³-hybridized carbons (Fsp3) is 0.0870. The van der Waals surface area contributed by atoms with E-state index >= 15 is 0 Å². The van der Waals surface area contributed by atoms with E-state index in [2.05, 4.69) is 5.32 Å². The maximum Gasteiger partial charge on any atom is 0.335 e. The number of nitrogens with zero attached hydrogens (tertiary/aromatic N) is 2. The highest BCUT2D eigenvalue weighted by molar-refractivity contribution is 6.42. The number of hydrogen-bond acceptors (Lipinski definition) is 3. The van der Waals surface area contributed by atoms with Crippen molar-refractivity contribution in [3.05, 3.63) is 86.9 Å². The van der Waals surface area contributed by atoms with Gasteiger partial charge in [-0.05, 0) is 74.0 Å². The lowest BCUT2D eigenvalue weighted by molar-refractivity contribution is -0.122. The highest BCUT2D eigenvalue weighted by atomic mass is 35.5. The average Bonchev–Trinajstić information content (AvgIpc) is 3.00. The number of nitrogens with one attached hydrogen (secondary N) is 1. The molecule has 0 bridgehead atoms. The Labute approximate surface area is 192 Å². The molecule has 1 N–H and O–H groups in total. The van der Waals surface area contributed by atoms with E-state index in [0.29, 0.717) is 10.6 Å². The summed E-state index contributed by atoms with van der Waals surface area (Å²) < 4.78 is 15.2. The number of urea groups is 1. The maximum atomic E-state index is 13.3. The number of hydrogen-bond donors (Lipinski definition) is 1. The van der Waals surface area contributed by atoms with Crippen molar-refractivity contribution in [1.29, 1.82) is 0 Å². The zero-order valence-corrected chi connectivity index (χ0v) is 18.5. The van der Waals surface area contributed by atoms with Gasteiger partial charge in [-0.2, -0.15) is 0 Å². The van der Waals surface area contributed by atoms with Gasteiger partial charge in [0.15, 0.2) is 0 Å². The van der Waals surface area contributed by atoms with Crippen LogP contribution in [0.1, 0.15) is 17.0 Å². The first-order chi connectivity index (χ1) is 15.2. The molecule has 0 radical (unpaired) electrons. The number of anilines is 1. The second-order valence-electron chi connectivity index (χ2n) is 7.19. The van der Waals surface area contributed by atoms with E-state index in [0.717, 1.165) is 22.0 Å². The van der Waals surface area contributed by atoms with Gasteiger partial charge in [-0.1, -0.05) is 23.2 Å². The fourth-order valence-electron chi connectivity index (χ4n) is 3.62. The van der Waals surface area contributed by atoms with Gasteiger partial charge in [-0.3, -0.25) is 14.9 Å². The number of halogens is 3. The molecule has 4 rings (SSSR count). The summed E-state index contributed by atoms with van der Waals surface area (Å²) in [5.41, 5.74) is 2.76. The Balaban J connectivity index is 1.77. The van der Waals surface area contributed by atoms with E-state index < -0.39 is 17.8 Å². The van der Waals surface area contributed by atoms with E-state index in [1.807, 2.05) is 18.4 Å². The minimum Gasteiger partial charge on any atom is -0.318 e. The van der Waals surface area contributed by atoms with Crippen LogP contribution in [-0.2, 0) is 9.59 Å². The minimum absolute atomic E-state index is 0.0872. The van der Waals surface area contributed by atoms with Gasteiger partial charge in [-0.15, -0.1) is 0 Å².